The first-order valence-electron chi connectivity index (χ1n) is 9.39. The Morgan fingerprint density at radius 2 is 2.04 bits per heavy atom. The van der Waals surface area contributed by atoms with Crippen LogP contribution in [0, 0.1) is 5.41 Å². The normalized spacial score (nSPS) is 19.3. The lowest BCUT2D eigenvalue weighted by molar-refractivity contribution is -0.0642. The van der Waals surface area contributed by atoms with Crippen molar-refractivity contribution >= 4 is 0 Å². The second-order valence-electron chi connectivity index (χ2n) is 7.87. The fraction of sp³-hybridized carbons (Fsp3) is 0.455. The molecule has 1 unspecified atom stereocenters. The maximum absolute atomic E-state index is 9.71. The number of phenols is 1. The van der Waals surface area contributed by atoms with E-state index in [2.05, 4.69) is 30.0 Å². The average Bonchev–Trinajstić information content (AvgIpc) is 2.64. The van der Waals surface area contributed by atoms with E-state index in [0.29, 0.717) is 17.2 Å². The molecule has 2 heterocycles. The largest absolute Gasteiger partial charge is 0.504 e. The number of hydrogen-bond donors (Lipinski definition) is 1. The van der Waals surface area contributed by atoms with Gasteiger partial charge in [-0.15, -0.1) is 0 Å². The first kappa shape index (κ1) is 17.2. The zero-order chi connectivity index (χ0) is 18.1. The molecule has 0 saturated carbocycles. The van der Waals surface area contributed by atoms with E-state index in [1.807, 2.05) is 18.2 Å². The summed E-state index contributed by atoms with van der Waals surface area (Å²) in [7, 11) is 1.59. The molecule has 2 aliphatic heterocycles. The Bertz CT molecular complexity index is 783. The van der Waals surface area contributed by atoms with Crippen molar-refractivity contribution in [3.8, 4) is 17.2 Å². The van der Waals surface area contributed by atoms with Gasteiger partial charge in [-0.25, -0.2) is 0 Å². The molecule has 0 bridgehead atoms. The number of benzene rings is 2. The van der Waals surface area contributed by atoms with Gasteiger partial charge in [-0.3, -0.25) is 4.90 Å². The van der Waals surface area contributed by atoms with E-state index in [1.165, 1.54) is 11.1 Å². The number of aryl methyl sites for hydroxylation is 1. The lowest BCUT2D eigenvalue weighted by atomic mass is 9.73. The molecule has 4 heteroatoms. The van der Waals surface area contributed by atoms with E-state index in [-0.39, 0.29) is 5.75 Å². The maximum atomic E-state index is 9.71. The minimum absolute atomic E-state index is 0.201. The van der Waals surface area contributed by atoms with Gasteiger partial charge in [0.15, 0.2) is 11.5 Å². The predicted octanol–water partition coefficient (Wildman–Crippen LogP) is 3.66. The molecule has 138 valence electrons. The number of para-hydroxylation sites is 1. The van der Waals surface area contributed by atoms with Crippen molar-refractivity contribution in [1.29, 1.82) is 0 Å². The molecule has 1 spiro atoms. The van der Waals surface area contributed by atoms with Gasteiger partial charge in [0.25, 0.3) is 0 Å². The molecule has 4 nitrogen and oxygen atoms in total. The molecule has 0 radical (unpaired) electrons. The number of fused-ring (bicyclic) bond motifs is 1. The molecule has 1 saturated heterocycles. The molecule has 2 aromatic carbocycles. The molecule has 2 aromatic rings. The minimum atomic E-state index is 0.201. The van der Waals surface area contributed by atoms with E-state index >= 15 is 0 Å². The Morgan fingerprint density at radius 3 is 2.85 bits per heavy atom. The topological polar surface area (TPSA) is 41.9 Å². The van der Waals surface area contributed by atoms with Crippen LogP contribution in [0.3, 0.4) is 0 Å². The first-order chi connectivity index (χ1) is 12.6. The van der Waals surface area contributed by atoms with Crippen molar-refractivity contribution in [2.24, 2.45) is 5.41 Å². The highest BCUT2D eigenvalue weighted by molar-refractivity contribution is 5.41. The summed E-state index contributed by atoms with van der Waals surface area (Å²) in [4.78, 5) is 2.56. The van der Waals surface area contributed by atoms with Crippen LogP contribution in [-0.2, 0) is 12.8 Å². The van der Waals surface area contributed by atoms with Crippen LogP contribution in [0.4, 0.5) is 0 Å². The second kappa shape index (κ2) is 6.84. The van der Waals surface area contributed by atoms with Crippen LogP contribution in [0.5, 0.6) is 17.2 Å². The Hall–Kier alpha value is -2.20. The number of rotatable bonds is 5. The fourth-order valence-corrected chi connectivity index (χ4v) is 4.24. The van der Waals surface area contributed by atoms with Gasteiger partial charge in [-0.2, -0.15) is 0 Å². The Morgan fingerprint density at radius 1 is 1.23 bits per heavy atom. The smallest absolute Gasteiger partial charge is 0.160 e. The lowest BCUT2D eigenvalue weighted by Gasteiger charge is -2.54. The quantitative estimate of drug-likeness (QED) is 0.891. The number of ether oxygens (including phenoxy) is 2. The third-order valence-corrected chi connectivity index (χ3v) is 5.87. The van der Waals surface area contributed by atoms with Gasteiger partial charge in [-0.1, -0.05) is 24.3 Å². The number of nitrogens with zero attached hydrogens (tertiary/aromatic N) is 1. The van der Waals surface area contributed by atoms with Crippen LogP contribution in [0.15, 0.2) is 42.5 Å². The van der Waals surface area contributed by atoms with Gasteiger partial charge in [0.1, 0.15) is 5.75 Å². The Labute approximate surface area is 155 Å². The van der Waals surface area contributed by atoms with Crippen molar-refractivity contribution < 1.29 is 14.6 Å². The molecule has 2 aliphatic rings. The Balaban J connectivity index is 1.31. The second-order valence-corrected chi connectivity index (χ2v) is 7.87. The summed E-state index contributed by atoms with van der Waals surface area (Å²) in [6.07, 6.45) is 3.21. The van der Waals surface area contributed by atoms with Crippen molar-refractivity contribution in [3.63, 3.8) is 0 Å². The van der Waals surface area contributed by atoms with E-state index in [1.54, 1.807) is 13.2 Å². The molecule has 0 amide bonds. The average molecular weight is 353 g/mol. The third-order valence-electron chi connectivity index (χ3n) is 5.87. The highest BCUT2D eigenvalue weighted by atomic mass is 16.5. The summed E-state index contributed by atoms with van der Waals surface area (Å²) in [5.41, 5.74) is 2.85. The van der Waals surface area contributed by atoms with Gasteiger partial charge in [0, 0.05) is 24.5 Å². The molecule has 4 rings (SSSR count). The Kier molecular flexibility index (Phi) is 4.53. The van der Waals surface area contributed by atoms with Crippen LogP contribution >= 0.6 is 0 Å². The standard InChI is InChI=1S/C22H27NO3/c1-16(7-8-17-9-10-19(24)21(11-17)25-2)23-13-22(14-23)12-18-5-3-4-6-20(18)26-15-22/h3-6,9-11,16,24H,7-8,12-15H2,1-2H3. The molecular weight excluding hydrogens is 326 g/mol. The van der Waals surface area contributed by atoms with Crippen LogP contribution < -0.4 is 9.47 Å². The molecular formula is C22H27NO3. The van der Waals surface area contributed by atoms with Crippen LogP contribution in [-0.4, -0.2) is 42.9 Å². The van der Waals surface area contributed by atoms with Crippen LogP contribution in [0.2, 0.25) is 0 Å². The molecule has 0 aliphatic carbocycles. The molecule has 1 fully saturated rings. The zero-order valence-electron chi connectivity index (χ0n) is 15.6. The van der Waals surface area contributed by atoms with Crippen molar-refractivity contribution in [2.75, 3.05) is 26.8 Å². The number of phenolic OH excluding ortho intramolecular Hbond substituents is 1. The SMILES string of the molecule is COc1cc(CCC(C)N2CC3(COc4ccccc4C3)C2)ccc1O. The predicted molar refractivity (Wildman–Crippen MR) is 102 cm³/mol. The number of aromatic hydroxyl groups is 1. The van der Waals surface area contributed by atoms with Crippen molar-refractivity contribution in [3.05, 3.63) is 53.6 Å². The summed E-state index contributed by atoms with van der Waals surface area (Å²) < 4.78 is 11.2. The van der Waals surface area contributed by atoms with Crippen LogP contribution in [0.25, 0.3) is 0 Å². The van der Waals surface area contributed by atoms with Gasteiger partial charge >= 0.3 is 0 Å². The summed E-state index contributed by atoms with van der Waals surface area (Å²) in [6.45, 7) is 5.37. The monoisotopic (exact) mass is 353 g/mol. The number of methoxy groups -OCH3 is 1. The molecule has 0 aromatic heterocycles. The molecule has 1 N–H and O–H groups in total. The number of hydrogen-bond acceptors (Lipinski definition) is 4. The summed E-state index contributed by atoms with van der Waals surface area (Å²) in [6, 6.07) is 14.6. The summed E-state index contributed by atoms with van der Waals surface area (Å²) in [5, 5.41) is 9.71. The van der Waals surface area contributed by atoms with Gasteiger partial charge < -0.3 is 14.6 Å². The summed E-state index contributed by atoms with van der Waals surface area (Å²) >= 11 is 0. The zero-order valence-corrected chi connectivity index (χ0v) is 15.6. The van der Waals surface area contributed by atoms with Gasteiger partial charge in [-0.05, 0) is 55.5 Å². The van der Waals surface area contributed by atoms with Gasteiger partial charge in [0.2, 0.25) is 0 Å². The third kappa shape index (κ3) is 3.26. The highest BCUT2D eigenvalue weighted by Gasteiger charge is 2.47. The van der Waals surface area contributed by atoms with E-state index < -0.39 is 0 Å². The molecule has 1 atom stereocenters. The molecule has 26 heavy (non-hydrogen) atoms. The first-order valence-corrected chi connectivity index (χ1v) is 9.39. The highest BCUT2D eigenvalue weighted by Crippen LogP contribution is 2.42. The van der Waals surface area contributed by atoms with Crippen molar-refractivity contribution in [2.45, 2.75) is 32.2 Å². The van der Waals surface area contributed by atoms with Crippen LogP contribution in [0.1, 0.15) is 24.5 Å². The van der Waals surface area contributed by atoms with E-state index in [0.717, 1.165) is 44.7 Å². The van der Waals surface area contributed by atoms with Gasteiger partial charge in [0.05, 0.1) is 13.7 Å². The fourth-order valence-electron chi connectivity index (χ4n) is 4.24. The van der Waals surface area contributed by atoms with Crippen molar-refractivity contribution in [1.82, 2.24) is 4.90 Å². The lowest BCUT2D eigenvalue weighted by Crippen LogP contribution is -2.63. The maximum Gasteiger partial charge on any atom is 0.160 e. The van der Waals surface area contributed by atoms with E-state index in [4.69, 9.17) is 9.47 Å². The minimum Gasteiger partial charge on any atom is -0.504 e. The summed E-state index contributed by atoms with van der Waals surface area (Å²) in [5.74, 6) is 1.81. The van der Waals surface area contributed by atoms with E-state index in [9.17, 15) is 5.11 Å². The number of likely N-dealkylation sites (tertiary alicyclic amines) is 1.